The third-order valence-corrected chi connectivity index (χ3v) is 2.50. The minimum absolute atomic E-state index is 0.421. The molecule has 0 saturated carbocycles. The Morgan fingerprint density at radius 3 is 3.00 bits per heavy atom. The summed E-state index contributed by atoms with van der Waals surface area (Å²) in [5.41, 5.74) is 3.22. The second kappa shape index (κ2) is 4.71. The molecule has 14 heavy (non-hydrogen) atoms. The van der Waals surface area contributed by atoms with E-state index in [9.17, 15) is 4.79 Å². The molecule has 0 radical (unpaired) electrons. The van der Waals surface area contributed by atoms with E-state index in [1.807, 2.05) is 6.92 Å². The number of hydrogen-bond donors (Lipinski definition) is 1. The fourth-order valence-electron chi connectivity index (χ4n) is 0.875. The van der Waals surface area contributed by atoms with Crippen LogP contribution in [0.25, 0.3) is 0 Å². The monoisotopic (exact) mass is 214 g/mol. The van der Waals surface area contributed by atoms with E-state index in [1.165, 1.54) is 11.3 Å². The number of aromatic nitrogens is 1. The average molecular weight is 214 g/mol. The lowest BCUT2D eigenvalue weighted by Gasteiger charge is -1.97. The van der Waals surface area contributed by atoms with Gasteiger partial charge in [0.1, 0.15) is 0 Å². The molecule has 0 amide bonds. The van der Waals surface area contributed by atoms with Crippen molar-refractivity contribution in [1.29, 1.82) is 0 Å². The fourth-order valence-corrected chi connectivity index (χ4v) is 1.62. The first-order valence-electron chi connectivity index (χ1n) is 3.90. The highest BCUT2D eigenvalue weighted by atomic mass is 32.1. The van der Waals surface area contributed by atoms with Crippen molar-refractivity contribution in [2.45, 2.75) is 13.8 Å². The Morgan fingerprint density at radius 1 is 1.79 bits per heavy atom. The minimum atomic E-state index is -1.04. The molecule has 76 valence electrons. The molecular formula is C8H10N2O3S. The first-order valence-corrected chi connectivity index (χ1v) is 4.78. The van der Waals surface area contributed by atoms with Crippen LogP contribution in [-0.2, 0) is 9.63 Å². The predicted molar refractivity (Wildman–Crippen MR) is 52.6 cm³/mol. The van der Waals surface area contributed by atoms with Crippen molar-refractivity contribution in [3.8, 4) is 0 Å². The van der Waals surface area contributed by atoms with Crippen LogP contribution < -0.4 is 0 Å². The molecule has 0 bridgehead atoms. The third-order valence-electron chi connectivity index (χ3n) is 1.46. The van der Waals surface area contributed by atoms with Crippen LogP contribution in [0.2, 0.25) is 0 Å². The number of nitrogens with zero attached hydrogens (tertiary/aromatic N) is 2. The largest absolute Gasteiger partial charge is 0.479 e. The molecule has 0 fully saturated rings. The molecule has 1 aromatic heterocycles. The minimum Gasteiger partial charge on any atom is -0.479 e. The van der Waals surface area contributed by atoms with Crippen LogP contribution in [0.3, 0.4) is 0 Å². The molecule has 1 N–H and O–H groups in total. The molecular weight excluding hydrogens is 204 g/mol. The number of rotatable bonds is 4. The number of carboxylic acids is 1. The van der Waals surface area contributed by atoms with Gasteiger partial charge in [-0.2, -0.15) is 0 Å². The molecule has 5 nitrogen and oxygen atoms in total. The van der Waals surface area contributed by atoms with E-state index in [-0.39, 0.29) is 0 Å². The standard InChI is InChI=1S/C8H10N2O3S/c1-5-8(14-4-9-5)6(2)10-13-3-7(11)12/h4H,3H2,1-2H3,(H,11,12)/b10-6-. The number of aryl methyl sites for hydroxylation is 1. The lowest BCUT2D eigenvalue weighted by atomic mass is 10.3. The Morgan fingerprint density at radius 2 is 2.50 bits per heavy atom. The molecule has 1 heterocycles. The first-order chi connectivity index (χ1) is 6.61. The van der Waals surface area contributed by atoms with Crippen molar-refractivity contribution >= 4 is 23.0 Å². The summed E-state index contributed by atoms with van der Waals surface area (Å²) >= 11 is 1.45. The summed E-state index contributed by atoms with van der Waals surface area (Å²) in [6, 6.07) is 0. The zero-order valence-electron chi connectivity index (χ0n) is 7.85. The second-order valence-electron chi connectivity index (χ2n) is 2.61. The van der Waals surface area contributed by atoms with Gasteiger partial charge in [0.05, 0.1) is 21.8 Å². The SMILES string of the molecule is C/C(=N/OCC(=O)O)c1scnc1C. The second-order valence-corrected chi connectivity index (χ2v) is 3.47. The van der Waals surface area contributed by atoms with Gasteiger partial charge in [-0.3, -0.25) is 0 Å². The lowest BCUT2D eigenvalue weighted by molar-refractivity contribution is -0.142. The summed E-state index contributed by atoms with van der Waals surface area (Å²) in [4.78, 5) is 19.7. The van der Waals surface area contributed by atoms with E-state index in [4.69, 9.17) is 5.11 Å². The molecule has 0 aliphatic carbocycles. The topological polar surface area (TPSA) is 71.8 Å². The first kappa shape index (κ1) is 10.6. The summed E-state index contributed by atoms with van der Waals surface area (Å²) in [5, 5.41) is 12.0. The zero-order valence-corrected chi connectivity index (χ0v) is 8.67. The Balaban J connectivity index is 2.61. The summed E-state index contributed by atoms with van der Waals surface area (Å²) in [6.45, 7) is 3.19. The number of carboxylic acid groups (broad SMARTS) is 1. The Bertz CT molecular complexity index is 359. The molecule has 0 aliphatic rings. The van der Waals surface area contributed by atoms with Gasteiger partial charge < -0.3 is 9.94 Å². The van der Waals surface area contributed by atoms with E-state index in [0.29, 0.717) is 5.71 Å². The highest BCUT2D eigenvalue weighted by molar-refractivity contribution is 7.12. The van der Waals surface area contributed by atoms with E-state index in [0.717, 1.165) is 10.6 Å². The number of oxime groups is 1. The molecule has 0 unspecified atom stereocenters. The molecule has 1 aromatic rings. The van der Waals surface area contributed by atoms with Gasteiger partial charge in [0.25, 0.3) is 0 Å². The van der Waals surface area contributed by atoms with Gasteiger partial charge in [-0.05, 0) is 13.8 Å². The van der Waals surface area contributed by atoms with Gasteiger partial charge in [0.15, 0.2) is 0 Å². The highest BCUT2D eigenvalue weighted by Crippen LogP contribution is 2.13. The van der Waals surface area contributed by atoms with E-state index < -0.39 is 12.6 Å². The number of thiazole rings is 1. The maximum absolute atomic E-state index is 10.1. The Kier molecular flexibility index (Phi) is 3.58. The normalized spacial score (nSPS) is 11.4. The van der Waals surface area contributed by atoms with E-state index in [1.54, 1.807) is 12.4 Å². The number of carbonyl (C=O) groups is 1. The van der Waals surface area contributed by atoms with Crippen LogP contribution >= 0.6 is 11.3 Å². The van der Waals surface area contributed by atoms with Crippen molar-refractivity contribution in [1.82, 2.24) is 4.98 Å². The van der Waals surface area contributed by atoms with Crippen LogP contribution in [-0.4, -0.2) is 28.4 Å². The maximum atomic E-state index is 10.1. The molecule has 0 atom stereocenters. The van der Waals surface area contributed by atoms with Gasteiger partial charge in [-0.15, -0.1) is 11.3 Å². The Labute approximate surface area is 85.0 Å². The quantitative estimate of drug-likeness (QED) is 0.605. The van der Waals surface area contributed by atoms with Gasteiger partial charge in [0, 0.05) is 0 Å². The average Bonchev–Trinajstić information content (AvgIpc) is 2.50. The number of hydrogen-bond acceptors (Lipinski definition) is 5. The van der Waals surface area contributed by atoms with Crippen LogP contribution in [0.1, 0.15) is 17.5 Å². The van der Waals surface area contributed by atoms with E-state index in [2.05, 4.69) is 15.0 Å². The summed E-state index contributed by atoms with van der Waals surface area (Å²) in [5.74, 6) is -1.04. The van der Waals surface area contributed by atoms with Gasteiger partial charge in [-0.1, -0.05) is 5.16 Å². The zero-order chi connectivity index (χ0) is 10.6. The van der Waals surface area contributed by atoms with Crippen molar-refractivity contribution in [3.63, 3.8) is 0 Å². The molecule has 0 spiro atoms. The van der Waals surface area contributed by atoms with Crippen molar-refractivity contribution < 1.29 is 14.7 Å². The lowest BCUT2D eigenvalue weighted by Crippen LogP contribution is -2.05. The molecule has 0 aromatic carbocycles. The summed E-state index contributed by atoms with van der Waals surface area (Å²) in [7, 11) is 0. The molecule has 6 heteroatoms. The summed E-state index contributed by atoms with van der Waals surface area (Å²) < 4.78 is 0. The van der Waals surface area contributed by atoms with Crippen LogP contribution in [0.4, 0.5) is 0 Å². The Hall–Kier alpha value is -1.43. The smallest absolute Gasteiger partial charge is 0.344 e. The molecule has 0 saturated heterocycles. The van der Waals surface area contributed by atoms with Crippen LogP contribution in [0.15, 0.2) is 10.7 Å². The fraction of sp³-hybridized carbons (Fsp3) is 0.375. The molecule has 1 rings (SSSR count). The van der Waals surface area contributed by atoms with Crippen LogP contribution in [0.5, 0.6) is 0 Å². The van der Waals surface area contributed by atoms with Crippen molar-refractivity contribution in [2.75, 3.05) is 6.61 Å². The van der Waals surface area contributed by atoms with Crippen molar-refractivity contribution in [2.24, 2.45) is 5.16 Å². The summed E-state index contributed by atoms with van der Waals surface area (Å²) in [6.07, 6.45) is 0. The van der Waals surface area contributed by atoms with E-state index >= 15 is 0 Å². The van der Waals surface area contributed by atoms with Gasteiger partial charge >= 0.3 is 5.97 Å². The maximum Gasteiger partial charge on any atom is 0.344 e. The predicted octanol–water partition coefficient (Wildman–Crippen LogP) is 1.28. The third kappa shape index (κ3) is 2.81. The number of aliphatic carboxylic acids is 1. The van der Waals surface area contributed by atoms with Gasteiger partial charge in [-0.25, -0.2) is 9.78 Å². The van der Waals surface area contributed by atoms with Crippen molar-refractivity contribution in [3.05, 3.63) is 16.1 Å². The van der Waals surface area contributed by atoms with Gasteiger partial charge in [0.2, 0.25) is 6.61 Å². The molecule has 0 aliphatic heterocycles. The van der Waals surface area contributed by atoms with Crippen LogP contribution in [0, 0.1) is 6.92 Å². The highest BCUT2D eigenvalue weighted by Gasteiger charge is 2.05.